The third kappa shape index (κ3) is 10.3. The Hall–Kier alpha value is -6.04. The highest BCUT2D eigenvalue weighted by Crippen LogP contribution is 2.42. The second kappa shape index (κ2) is 19.2. The van der Waals surface area contributed by atoms with Crippen molar-refractivity contribution in [2.24, 2.45) is 0 Å². The van der Waals surface area contributed by atoms with Gasteiger partial charge in [-0.2, -0.15) is 4.31 Å². The lowest BCUT2D eigenvalue weighted by Crippen LogP contribution is -2.56. The van der Waals surface area contributed by atoms with Gasteiger partial charge in [-0.25, -0.2) is 22.6 Å². The smallest absolute Gasteiger partial charge is 0.328 e. The van der Waals surface area contributed by atoms with Gasteiger partial charge in [0, 0.05) is 19.9 Å². The van der Waals surface area contributed by atoms with Crippen LogP contribution in [0, 0.1) is 12.7 Å². The number of fused-ring (bicyclic) bond motifs is 2. The Morgan fingerprint density at radius 3 is 2.26 bits per heavy atom. The van der Waals surface area contributed by atoms with Gasteiger partial charge >= 0.3 is 5.97 Å². The van der Waals surface area contributed by atoms with Crippen LogP contribution in [0.5, 0.6) is 17.2 Å². The van der Waals surface area contributed by atoms with E-state index < -0.39 is 46.0 Å². The molecule has 1 aromatic heterocycles. The lowest BCUT2D eigenvalue weighted by molar-refractivity contribution is -0.145. The van der Waals surface area contributed by atoms with E-state index in [0.717, 1.165) is 37.9 Å². The van der Waals surface area contributed by atoms with Crippen molar-refractivity contribution < 1.29 is 46.1 Å². The Balaban J connectivity index is 1.04. The number of hydrogen-bond donors (Lipinski definition) is 2. The summed E-state index contributed by atoms with van der Waals surface area (Å²) in [7, 11) is -3.26. The van der Waals surface area contributed by atoms with Crippen LogP contribution < -0.4 is 24.8 Å². The summed E-state index contributed by atoms with van der Waals surface area (Å²) in [6.07, 6.45) is -0.561. The summed E-state index contributed by atoms with van der Waals surface area (Å²) in [6, 6.07) is 26.9. The quantitative estimate of drug-likeness (QED) is 0.107. The molecular weight excluding hydrogens is 919 g/mol. The fraction of sp³-hybridized carbons (Fsp3) is 0.234. The molecular formula is C47H41Cl2FN4O9S2. The first-order valence-corrected chi connectivity index (χ1v) is 23.3. The minimum absolute atomic E-state index is 0.0283. The number of carbonyl (C=O) groups is 3. The number of sulfonamides is 1. The van der Waals surface area contributed by atoms with Gasteiger partial charge in [0.25, 0.3) is 10.0 Å². The van der Waals surface area contributed by atoms with Gasteiger partial charge in [0.05, 0.1) is 22.8 Å². The van der Waals surface area contributed by atoms with Gasteiger partial charge in [0.15, 0.2) is 26.9 Å². The number of aromatic nitrogens is 1. The first-order valence-electron chi connectivity index (χ1n) is 20.3. The second-order valence-electron chi connectivity index (χ2n) is 15.4. The maximum absolute atomic E-state index is 14.7. The van der Waals surface area contributed by atoms with Crippen molar-refractivity contribution in [3.63, 3.8) is 0 Å². The van der Waals surface area contributed by atoms with Crippen LogP contribution in [0.1, 0.15) is 46.5 Å². The normalized spacial score (nSPS) is 16.2. The maximum Gasteiger partial charge on any atom is 0.328 e. The Kier molecular flexibility index (Phi) is 13.4. The molecule has 5 aromatic carbocycles. The summed E-state index contributed by atoms with van der Waals surface area (Å²) in [5.74, 6) is -0.816. The van der Waals surface area contributed by atoms with Crippen LogP contribution in [0.2, 0.25) is 10.0 Å². The van der Waals surface area contributed by atoms with E-state index in [1.165, 1.54) is 33.1 Å². The zero-order chi connectivity index (χ0) is 46.0. The van der Waals surface area contributed by atoms with Gasteiger partial charge in [-0.1, -0.05) is 89.1 Å². The Morgan fingerprint density at radius 1 is 0.908 bits per heavy atom. The number of ether oxygens (including phenoxy) is 4. The highest BCUT2D eigenvalue weighted by atomic mass is 35.5. The molecule has 2 amide bonds. The molecule has 3 atom stereocenters. The summed E-state index contributed by atoms with van der Waals surface area (Å²) < 4.78 is 67.5. The highest BCUT2D eigenvalue weighted by molar-refractivity contribution is 7.91. The average molecular weight is 960 g/mol. The minimum Gasteiger partial charge on any atom is -0.489 e. The molecule has 3 heterocycles. The van der Waals surface area contributed by atoms with Crippen molar-refractivity contribution in [1.82, 2.24) is 14.6 Å². The number of amides is 2. The number of aryl methyl sites for hydroxylation is 1. The zero-order valence-corrected chi connectivity index (χ0v) is 38.2. The van der Waals surface area contributed by atoms with Crippen molar-refractivity contribution in [3.8, 4) is 28.4 Å². The van der Waals surface area contributed by atoms with Crippen LogP contribution >= 0.6 is 34.5 Å². The topological polar surface area (TPSA) is 162 Å². The lowest BCUT2D eigenvalue weighted by Gasteiger charge is -2.36. The third-order valence-corrected chi connectivity index (χ3v) is 15.2. The van der Waals surface area contributed by atoms with Crippen LogP contribution in [0.3, 0.4) is 0 Å². The van der Waals surface area contributed by atoms with E-state index in [2.05, 4.69) is 15.6 Å². The standard InChI is InChI=1S/C47H41Cl2FN4O9S2/c1-26-46(64-47(51-26)52-27(2)55)65(58,59)54-23-34-22-42-41(62-25-43(63-42)32-11-15-36(16-12-32)61-24-29-6-17-37(48)38(49)18-29)21-33(34)20-40(54)44(56)53-39(45(57)60-3)19-28-4-7-30(8-5-28)31-9-13-35(50)14-10-31/h4-18,21-22,39-40,43H,19-20,23-25H2,1-3H3,(H,53,56)(H,51,52,55)/t39-,40?,43+/m0/s1. The SMILES string of the molecule is COC(=O)[C@H](Cc1ccc(-c2ccc(F)cc2)cc1)NC(=O)C1Cc2cc3c(cc2CN1S(=O)(=O)c1sc(NC(C)=O)nc1C)O[C@@H](c1ccc(OCc2ccc(Cl)c(Cl)c2)cc1)CO3. The fourth-order valence-electron chi connectivity index (χ4n) is 7.59. The number of rotatable bonds is 13. The summed E-state index contributed by atoms with van der Waals surface area (Å²) in [5.41, 5.74) is 5.32. The van der Waals surface area contributed by atoms with Crippen molar-refractivity contribution in [2.45, 2.75) is 62.2 Å². The number of nitrogens with zero attached hydrogens (tertiary/aromatic N) is 2. The molecule has 65 heavy (non-hydrogen) atoms. The number of esters is 1. The predicted molar refractivity (Wildman–Crippen MR) is 243 cm³/mol. The van der Waals surface area contributed by atoms with E-state index >= 15 is 0 Å². The maximum atomic E-state index is 14.7. The third-order valence-electron chi connectivity index (χ3n) is 10.9. The molecule has 0 radical (unpaired) electrons. The lowest BCUT2D eigenvalue weighted by atomic mass is 9.94. The number of nitrogens with one attached hydrogen (secondary N) is 2. The molecule has 13 nitrogen and oxygen atoms in total. The molecule has 0 fully saturated rings. The van der Waals surface area contributed by atoms with E-state index in [-0.39, 0.29) is 53.5 Å². The number of carbonyl (C=O) groups excluding carboxylic acids is 3. The number of methoxy groups -OCH3 is 1. The van der Waals surface area contributed by atoms with E-state index in [0.29, 0.717) is 44.0 Å². The van der Waals surface area contributed by atoms with Crippen LogP contribution in [0.15, 0.2) is 107 Å². The summed E-state index contributed by atoms with van der Waals surface area (Å²) in [5, 5.41) is 6.30. The van der Waals surface area contributed by atoms with Gasteiger partial charge < -0.3 is 29.6 Å². The Morgan fingerprint density at radius 2 is 1.58 bits per heavy atom. The van der Waals surface area contributed by atoms with Gasteiger partial charge in [-0.05, 0) is 101 Å². The number of hydrogen-bond acceptors (Lipinski definition) is 11. The van der Waals surface area contributed by atoms with Gasteiger partial charge in [0.2, 0.25) is 11.8 Å². The van der Waals surface area contributed by atoms with E-state index in [9.17, 15) is 27.2 Å². The van der Waals surface area contributed by atoms with Crippen molar-refractivity contribution >= 4 is 67.5 Å². The van der Waals surface area contributed by atoms with Crippen LogP contribution in [0.4, 0.5) is 9.52 Å². The zero-order valence-electron chi connectivity index (χ0n) is 35.1. The largest absolute Gasteiger partial charge is 0.489 e. The Bertz CT molecular complexity index is 2880. The molecule has 0 aliphatic carbocycles. The first-order chi connectivity index (χ1) is 31.1. The molecule has 0 saturated heterocycles. The van der Waals surface area contributed by atoms with E-state index in [4.69, 9.17) is 42.1 Å². The molecule has 2 aliphatic heterocycles. The van der Waals surface area contributed by atoms with Crippen molar-refractivity contribution in [1.29, 1.82) is 0 Å². The molecule has 336 valence electrons. The first kappa shape index (κ1) is 45.5. The number of anilines is 1. The molecule has 18 heteroatoms. The summed E-state index contributed by atoms with van der Waals surface area (Å²) in [4.78, 5) is 43.8. The second-order valence-corrected chi connectivity index (χ2v) is 19.3. The van der Waals surface area contributed by atoms with E-state index in [1.807, 2.05) is 42.5 Å². The van der Waals surface area contributed by atoms with Crippen LogP contribution in [0.25, 0.3) is 11.1 Å². The molecule has 1 unspecified atom stereocenters. The van der Waals surface area contributed by atoms with Crippen molar-refractivity contribution in [3.05, 3.63) is 153 Å². The molecule has 0 bridgehead atoms. The van der Waals surface area contributed by atoms with Gasteiger partial charge in [-0.15, -0.1) is 0 Å². The summed E-state index contributed by atoms with van der Waals surface area (Å²) >= 11 is 13.0. The summed E-state index contributed by atoms with van der Waals surface area (Å²) in [6.45, 7) is 3.00. The molecule has 0 saturated carbocycles. The molecule has 6 aromatic rings. The van der Waals surface area contributed by atoms with Gasteiger partial charge in [-0.3, -0.25) is 9.59 Å². The number of thiazole rings is 1. The molecule has 2 N–H and O–H groups in total. The number of halogens is 3. The average Bonchev–Trinajstić information content (AvgIpc) is 3.67. The van der Waals surface area contributed by atoms with Crippen LogP contribution in [-0.2, 0) is 55.1 Å². The van der Waals surface area contributed by atoms with Crippen LogP contribution in [-0.4, -0.2) is 61.3 Å². The Labute approximate surface area is 388 Å². The molecule has 8 rings (SSSR count). The van der Waals surface area contributed by atoms with E-state index in [1.54, 1.807) is 48.5 Å². The monoisotopic (exact) mass is 958 g/mol. The minimum atomic E-state index is -4.46. The number of benzene rings is 5. The predicted octanol–water partition coefficient (Wildman–Crippen LogP) is 8.63. The highest BCUT2D eigenvalue weighted by Gasteiger charge is 2.43. The van der Waals surface area contributed by atoms with Crippen molar-refractivity contribution in [2.75, 3.05) is 19.0 Å². The van der Waals surface area contributed by atoms with Gasteiger partial charge in [0.1, 0.15) is 36.9 Å². The molecule has 2 aliphatic rings. The molecule has 0 spiro atoms. The fourth-order valence-corrected chi connectivity index (χ4v) is 11.0.